The van der Waals surface area contributed by atoms with Crippen LogP contribution in [0, 0.1) is 5.92 Å². The monoisotopic (exact) mass is 455 g/mol. The van der Waals surface area contributed by atoms with Crippen molar-refractivity contribution in [2.75, 3.05) is 52.9 Å². The Bertz CT molecular complexity index is 937. The number of likely N-dealkylation sites (N-methyl/N-ethyl adjacent to an activating group) is 1. The number of piperidine rings is 1. The summed E-state index contributed by atoms with van der Waals surface area (Å²) in [5.74, 6) is 0.689. The number of hydrogen-bond acceptors (Lipinski definition) is 4. The molecule has 7 heteroatoms. The SMILES string of the molecule is CN1CCN(C(=O)C2CCN(C(=O)COc3ccc(-c4ccccc4)cc3Cl)CC2)CC1. The third kappa shape index (κ3) is 5.43. The molecule has 6 nitrogen and oxygen atoms in total. The van der Waals surface area contributed by atoms with Crippen LogP contribution in [0.1, 0.15) is 12.8 Å². The topological polar surface area (TPSA) is 53.1 Å². The van der Waals surface area contributed by atoms with Gasteiger partial charge in [0.2, 0.25) is 5.91 Å². The number of amides is 2. The van der Waals surface area contributed by atoms with Crippen LogP contribution in [0.25, 0.3) is 11.1 Å². The molecule has 0 unspecified atom stereocenters. The van der Waals surface area contributed by atoms with Gasteiger partial charge in [0.05, 0.1) is 5.02 Å². The molecule has 0 spiro atoms. The first-order chi connectivity index (χ1) is 15.5. The van der Waals surface area contributed by atoms with Crippen molar-refractivity contribution in [3.05, 3.63) is 53.6 Å². The zero-order valence-corrected chi connectivity index (χ0v) is 19.3. The fourth-order valence-electron chi connectivity index (χ4n) is 4.32. The Labute approximate surface area is 194 Å². The van der Waals surface area contributed by atoms with Crippen LogP contribution in [0.5, 0.6) is 5.75 Å². The summed E-state index contributed by atoms with van der Waals surface area (Å²) in [5.41, 5.74) is 2.08. The molecule has 2 aromatic rings. The van der Waals surface area contributed by atoms with Gasteiger partial charge in [0.1, 0.15) is 5.75 Å². The standard InChI is InChI=1S/C25H30ClN3O3/c1-27-13-15-29(16-14-27)25(31)20-9-11-28(12-10-20)24(30)18-32-23-8-7-21(17-22(23)26)19-5-3-2-4-6-19/h2-8,17,20H,9-16,18H2,1H3. The number of benzene rings is 2. The second-order valence-corrected chi connectivity index (χ2v) is 8.99. The quantitative estimate of drug-likeness (QED) is 0.693. The number of likely N-dealkylation sites (tertiary alicyclic amines) is 1. The first-order valence-electron chi connectivity index (χ1n) is 11.2. The fourth-order valence-corrected chi connectivity index (χ4v) is 4.55. The number of rotatable bonds is 5. The van der Waals surface area contributed by atoms with E-state index >= 15 is 0 Å². The second kappa shape index (κ2) is 10.4. The fraction of sp³-hybridized carbons (Fsp3) is 0.440. The highest BCUT2D eigenvalue weighted by molar-refractivity contribution is 6.32. The van der Waals surface area contributed by atoms with E-state index in [0.717, 1.165) is 37.3 Å². The Morgan fingerprint density at radius 1 is 0.906 bits per heavy atom. The molecule has 2 aliphatic rings. The van der Waals surface area contributed by atoms with Gasteiger partial charge in [0, 0.05) is 45.2 Å². The summed E-state index contributed by atoms with van der Waals surface area (Å²) in [6.07, 6.45) is 1.42. The zero-order valence-electron chi connectivity index (χ0n) is 18.5. The number of halogens is 1. The molecular weight excluding hydrogens is 426 g/mol. The van der Waals surface area contributed by atoms with Gasteiger partial charge in [-0.15, -0.1) is 0 Å². The number of nitrogens with zero attached hydrogens (tertiary/aromatic N) is 3. The molecule has 0 atom stereocenters. The highest BCUT2D eigenvalue weighted by Crippen LogP contribution is 2.30. The number of ether oxygens (including phenoxy) is 1. The minimum Gasteiger partial charge on any atom is -0.482 e. The highest BCUT2D eigenvalue weighted by Gasteiger charge is 2.31. The molecule has 0 aromatic heterocycles. The van der Waals surface area contributed by atoms with Gasteiger partial charge in [-0.25, -0.2) is 0 Å². The average Bonchev–Trinajstić information content (AvgIpc) is 2.84. The molecule has 2 aliphatic heterocycles. The third-order valence-corrected chi connectivity index (χ3v) is 6.70. The highest BCUT2D eigenvalue weighted by atomic mass is 35.5. The number of piperazine rings is 1. The van der Waals surface area contributed by atoms with Crippen molar-refractivity contribution in [3.8, 4) is 16.9 Å². The molecule has 0 aliphatic carbocycles. The Morgan fingerprint density at radius 3 is 2.25 bits per heavy atom. The van der Waals surface area contributed by atoms with Crippen LogP contribution in [0.2, 0.25) is 5.02 Å². The molecule has 0 saturated carbocycles. The van der Waals surface area contributed by atoms with Crippen molar-refractivity contribution in [2.24, 2.45) is 5.92 Å². The molecule has 170 valence electrons. The first-order valence-corrected chi connectivity index (χ1v) is 11.6. The van der Waals surface area contributed by atoms with E-state index in [-0.39, 0.29) is 24.3 Å². The number of carbonyl (C=O) groups is 2. The van der Waals surface area contributed by atoms with Crippen molar-refractivity contribution < 1.29 is 14.3 Å². The minimum absolute atomic E-state index is 0.0170. The molecule has 0 radical (unpaired) electrons. The summed E-state index contributed by atoms with van der Waals surface area (Å²) in [6, 6.07) is 15.6. The molecule has 2 aromatic carbocycles. The molecule has 2 saturated heterocycles. The Kier molecular flexibility index (Phi) is 7.33. The van der Waals surface area contributed by atoms with E-state index < -0.39 is 0 Å². The van der Waals surface area contributed by atoms with Crippen LogP contribution >= 0.6 is 11.6 Å². The van der Waals surface area contributed by atoms with Crippen molar-refractivity contribution >= 4 is 23.4 Å². The molecular formula is C25H30ClN3O3. The number of hydrogen-bond donors (Lipinski definition) is 0. The largest absolute Gasteiger partial charge is 0.482 e. The maximum absolute atomic E-state index is 12.8. The van der Waals surface area contributed by atoms with Crippen molar-refractivity contribution in [3.63, 3.8) is 0 Å². The molecule has 0 bridgehead atoms. The molecule has 4 rings (SSSR count). The van der Waals surface area contributed by atoms with Crippen molar-refractivity contribution in [1.29, 1.82) is 0 Å². The third-order valence-electron chi connectivity index (χ3n) is 6.40. The lowest BCUT2D eigenvalue weighted by atomic mass is 9.95. The van der Waals surface area contributed by atoms with Gasteiger partial charge in [-0.2, -0.15) is 0 Å². The maximum atomic E-state index is 12.8. The van der Waals surface area contributed by atoms with E-state index in [1.807, 2.05) is 47.4 Å². The van der Waals surface area contributed by atoms with Crippen molar-refractivity contribution in [2.45, 2.75) is 12.8 Å². The predicted octanol–water partition coefficient (Wildman–Crippen LogP) is 3.40. The minimum atomic E-state index is -0.0706. The lowest BCUT2D eigenvalue weighted by Gasteiger charge is -2.37. The van der Waals surface area contributed by atoms with Gasteiger partial charge in [0.15, 0.2) is 6.61 Å². The first kappa shape index (κ1) is 22.6. The van der Waals surface area contributed by atoms with E-state index in [0.29, 0.717) is 36.7 Å². The lowest BCUT2D eigenvalue weighted by Crippen LogP contribution is -2.51. The predicted molar refractivity (Wildman–Crippen MR) is 126 cm³/mol. The van der Waals surface area contributed by atoms with Crippen LogP contribution in [0.3, 0.4) is 0 Å². The van der Waals surface area contributed by atoms with Gasteiger partial charge < -0.3 is 19.4 Å². The van der Waals surface area contributed by atoms with E-state index in [9.17, 15) is 9.59 Å². The molecule has 2 fully saturated rings. The average molecular weight is 456 g/mol. The molecule has 2 heterocycles. The van der Waals surface area contributed by atoms with E-state index in [1.165, 1.54) is 0 Å². The van der Waals surface area contributed by atoms with Gasteiger partial charge >= 0.3 is 0 Å². The molecule has 0 N–H and O–H groups in total. The van der Waals surface area contributed by atoms with Gasteiger partial charge in [0.25, 0.3) is 5.91 Å². The van der Waals surface area contributed by atoms with E-state index in [4.69, 9.17) is 16.3 Å². The summed E-state index contributed by atoms with van der Waals surface area (Å²) in [5, 5.41) is 0.482. The summed E-state index contributed by atoms with van der Waals surface area (Å²) < 4.78 is 5.72. The zero-order chi connectivity index (χ0) is 22.5. The summed E-state index contributed by atoms with van der Waals surface area (Å²) >= 11 is 6.39. The second-order valence-electron chi connectivity index (χ2n) is 8.58. The Hall–Kier alpha value is -2.57. The van der Waals surface area contributed by atoms with Gasteiger partial charge in [-0.05, 0) is 43.1 Å². The van der Waals surface area contributed by atoms with E-state index in [1.54, 1.807) is 11.0 Å². The normalized spacial score (nSPS) is 17.9. The van der Waals surface area contributed by atoms with Crippen LogP contribution in [-0.2, 0) is 9.59 Å². The lowest BCUT2D eigenvalue weighted by molar-refractivity contribution is -0.142. The van der Waals surface area contributed by atoms with Gasteiger partial charge in [-0.3, -0.25) is 9.59 Å². The maximum Gasteiger partial charge on any atom is 0.260 e. The van der Waals surface area contributed by atoms with Crippen LogP contribution < -0.4 is 4.74 Å². The van der Waals surface area contributed by atoms with Crippen molar-refractivity contribution in [1.82, 2.24) is 14.7 Å². The van der Waals surface area contributed by atoms with Crippen LogP contribution in [0.4, 0.5) is 0 Å². The summed E-state index contributed by atoms with van der Waals surface area (Å²) in [4.78, 5) is 31.4. The molecule has 2 amide bonds. The summed E-state index contributed by atoms with van der Waals surface area (Å²) in [7, 11) is 2.08. The molecule has 32 heavy (non-hydrogen) atoms. The smallest absolute Gasteiger partial charge is 0.260 e. The Morgan fingerprint density at radius 2 is 1.59 bits per heavy atom. The number of carbonyl (C=O) groups excluding carboxylic acids is 2. The van der Waals surface area contributed by atoms with Gasteiger partial charge in [-0.1, -0.05) is 48.0 Å². The Balaban J connectivity index is 1.25. The van der Waals surface area contributed by atoms with E-state index in [2.05, 4.69) is 11.9 Å². The van der Waals surface area contributed by atoms with Crippen LogP contribution in [0.15, 0.2) is 48.5 Å². The van der Waals surface area contributed by atoms with Crippen LogP contribution in [-0.4, -0.2) is 79.4 Å². The summed E-state index contributed by atoms with van der Waals surface area (Å²) in [6.45, 7) is 4.57.